The molecule has 0 unspecified atom stereocenters. The fraction of sp³-hybridized carbons (Fsp3) is 0.929. The molecule has 0 aliphatic heterocycles. The summed E-state index contributed by atoms with van der Waals surface area (Å²) >= 11 is 0. The molecule has 1 aliphatic carbocycles. The number of rotatable bonds is 5. The maximum absolute atomic E-state index is 12.0. The lowest BCUT2D eigenvalue weighted by Gasteiger charge is -2.29. The zero-order valence-electron chi connectivity index (χ0n) is 11.8. The predicted octanol–water partition coefficient (Wildman–Crippen LogP) is 2.32. The summed E-state index contributed by atoms with van der Waals surface area (Å²) < 4.78 is 0. The van der Waals surface area contributed by atoms with Gasteiger partial charge in [0.1, 0.15) is 0 Å². The number of hydrogen-bond donors (Lipinski definition) is 2. The molecule has 0 heterocycles. The van der Waals surface area contributed by atoms with Gasteiger partial charge < -0.3 is 10.6 Å². The first-order valence-corrected chi connectivity index (χ1v) is 6.99. The van der Waals surface area contributed by atoms with Gasteiger partial charge in [-0.1, -0.05) is 26.7 Å². The molecule has 0 saturated heterocycles. The third kappa shape index (κ3) is 4.66. The quantitative estimate of drug-likeness (QED) is 0.774. The number of amides is 1. The number of carbonyl (C=O) groups excluding carboxylic acids is 1. The molecule has 0 radical (unpaired) electrons. The van der Waals surface area contributed by atoms with Gasteiger partial charge in [-0.2, -0.15) is 0 Å². The van der Waals surface area contributed by atoms with Gasteiger partial charge in [0.25, 0.3) is 0 Å². The minimum atomic E-state index is -0.448. The molecule has 2 N–H and O–H groups in total. The van der Waals surface area contributed by atoms with E-state index in [0.29, 0.717) is 5.92 Å². The Balaban J connectivity index is 2.28. The van der Waals surface area contributed by atoms with E-state index < -0.39 is 5.54 Å². The van der Waals surface area contributed by atoms with E-state index in [1.165, 1.54) is 25.7 Å². The monoisotopic (exact) mass is 240 g/mol. The van der Waals surface area contributed by atoms with Crippen molar-refractivity contribution in [1.29, 1.82) is 0 Å². The molecule has 17 heavy (non-hydrogen) atoms. The van der Waals surface area contributed by atoms with Gasteiger partial charge in [-0.25, -0.2) is 0 Å². The second-order valence-electron chi connectivity index (χ2n) is 5.99. The zero-order chi connectivity index (χ0) is 12.9. The number of nitrogens with one attached hydrogen (secondary N) is 2. The smallest absolute Gasteiger partial charge is 0.239 e. The molecule has 1 saturated carbocycles. The summed E-state index contributed by atoms with van der Waals surface area (Å²) in [7, 11) is 0. The maximum Gasteiger partial charge on any atom is 0.239 e. The van der Waals surface area contributed by atoms with E-state index in [4.69, 9.17) is 0 Å². The van der Waals surface area contributed by atoms with Crippen LogP contribution in [-0.2, 0) is 4.79 Å². The fourth-order valence-electron chi connectivity index (χ4n) is 2.51. The molecule has 1 amide bonds. The highest BCUT2D eigenvalue weighted by Gasteiger charge is 2.27. The largest absolute Gasteiger partial charge is 0.354 e. The number of likely N-dealkylation sites (N-methyl/N-ethyl adjacent to an activating group) is 1. The first-order chi connectivity index (χ1) is 7.95. The molecule has 1 fully saturated rings. The van der Waals surface area contributed by atoms with Gasteiger partial charge in [0.05, 0.1) is 5.54 Å². The Morgan fingerprint density at radius 3 is 2.35 bits per heavy atom. The van der Waals surface area contributed by atoms with Crippen molar-refractivity contribution < 1.29 is 4.79 Å². The van der Waals surface area contributed by atoms with E-state index in [1.807, 2.05) is 20.8 Å². The molecule has 1 rings (SSSR count). The average molecular weight is 240 g/mol. The Kier molecular flexibility index (Phi) is 5.44. The van der Waals surface area contributed by atoms with Crippen LogP contribution in [0, 0.1) is 11.8 Å². The van der Waals surface area contributed by atoms with Crippen LogP contribution in [-0.4, -0.2) is 24.5 Å². The summed E-state index contributed by atoms with van der Waals surface area (Å²) in [5.74, 6) is 1.69. The molecule has 3 heteroatoms. The van der Waals surface area contributed by atoms with Crippen molar-refractivity contribution in [2.75, 3.05) is 13.1 Å². The Hall–Kier alpha value is -0.570. The summed E-state index contributed by atoms with van der Waals surface area (Å²) in [6.45, 7) is 9.89. The lowest BCUT2D eigenvalue weighted by molar-refractivity contribution is -0.126. The third-order valence-electron chi connectivity index (χ3n) is 3.87. The van der Waals surface area contributed by atoms with Gasteiger partial charge in [0.2, 0.25) is 5.91 Å². The first-order valence-electron chi connectivity index (χ1n) is 6.99. The van der Waals surface area contributed by atoms with Crippen molar-refractivity contribution in [3.63, 3.8) is 0 Å². The van der Waals surface area contributed by atoms with Gasteiger partial charge in [-0.15, -0.1) is 0 Å². The van der Waals surface area contributed by atoms with E-state index in [2.05, 4.69) is 17.6 Å². The van der Waals surface area contributed by atoms with Gasteiger partial charge in [-0.05, 0) is 45.1 Å². The Labute approximate surface area is 106 Å². The van der Waals surface area contributed by atoms with Crippen LogP contribution in [0.25, 0.3) is 0 Å². The number of carbonyl (C=O) groups is 1. The van der Waals surface area contributed by atoms with Crippen molar-refractivity contribution in [2.45, 2.75) is 58.9 Å². The van der Waals surface area contributed by atoms with Crippen LogP contribution in [0.1, 0.15) is 53.4 Å². The molecule has 100 valence electrons. The zero-order valence-corrected chi connectivity index (χ0v) is 11.8. The van der Waals surface area contributed by atoms with Crippen LogP contribution < -0.4 is 10.6 Å². The van der Waals surface area contributed by atoms with Crippen LogP contribution in [0.3, 0.4) is 0 Å². The van der Waals surface area contributed by atoms with Crippen molar-refractivity contribution in [1.82, 2.24) is 10.6 Å². The van der Waals surface area contributed by atoms with Gasteiger partial charge in [-0.3, -0.25) is 4.79 Å². The van der Waals surface area contributed by atoms with Crippen LogP contribution >= 0.6 is 0 Å². The SMILES string of the molecule is CCNC(C)(C)C(=O)NCC1CCC(C)CC1. The lowest BCUT2D eigenvalue weighted by atomic mass is 9.83. The van der Waals surface area contributed by atoms with E-state index in [-0.39, 0.29) is 5.91 Å². The molecular weight excluding hydrogens is 212 g/mol. The van der Waals surface area contributed by atoms with Crippen LogP contribution in [0.4, 0.5) is 0 Å². The highest BCUT2D eigenvalue weighted by molar-refractivity contribution is 5.85. The highest BCUT2D eigenvalue weighted by Crippen LogP contribution is 2.27. The molecule has 0 spiro atoms. The highest BCUT2D eigenvalue weighted by atomic mass is 16.2. The Morgan fingerprint density at radius 1 is 1.24 bits per heavy atom. The molecular formula is C14H28N2O. The summed E-state index contributed by atoms with van der Waals surface area (Å²) in [6.07, 6.45) is 5.17. The van der Waals surface area contributed by atoms with Crippen molar-refractivity contribution in [3.05, 3.63) is 0 Å². The molecule has 3 nitrogen and oxygen atoms in total. The van der Waals surface area contributed by atoms with E-state index in [0.717, 1.165) is 19.0 Å². The summed E-state index contributed by atoms with van der Waals surface area (Å²) in [4.78, 5) is 12.0. The third-order valence-corrected chi connectivity index (χ3v) is 3.87. The molecule has 0 aromatic heterocycles. The molecule has 0 aromatic carbocycles. The summed E-state index contributed by atoms with van der Waals surface area (Å²) in [6, 6.07) is 0. The summed E-state index contributed by atoms with van der Waals surface area (Å²) in [5, 5.41) is 6.30. The molecule has 0 bridgehead atoms. The second-order valence-corrected chi connectivity index (χ2v) is 5.99. The van der Waals surface area contributed by atoms with E-state index in [1.54, 1.807) is 0 Å². The molecule has 0 aromatic rings. The normalized spacial score (nSPS) is 25.6. The molecule has 0 atom stereocenters. The minimum absolute atomic E-state index is 0.123. The van der Waals surface area contributed by atoms with E-state index >= 15 is 0 Å². The predicted molar refractivity (Wildman–Crippen MR) is 71.9 cm³/mol. The maximum atomic E-state index is 12.0. The molecule has 1 aliphatic rings. The average Bonchev–Trinajstić information content (AvgIpc) is 2.27. The lowest BCUT2D eigenvalue weighted by Crippen LogP contribution is -2.53. The van der Waals surface area contributed by atoms with Gasteiger partial charge in [0, 0.05) is 6.54 Å². The topological polar surface area (TPSA) is 41.1 Å². The minimum Gasteiger partial charge on any atom is -0.354 e. The Bertz CT molecular complexity index is 243. The van der Waals surface area contributed by atoms with Crippen molar-refractivity contribution in [2.24, 2.45) is 11.8 Å². The number of hydrogen-bond acceptors (Lipinski definition) is 2. The second kappa shape index (κ2) is 6.39. The van der Waals surface area contributed by atoms with Crippen LogP contribution in [0.15, 0.2) is 0 Å². The van der Waals surface area contributed by atoms with Crippen LogP contribution in [0.5, 0.6) is 0 Å². The Morgan fingerprint density at radius 2 is 1.82 bits per heavy atom. The fourth-order valence-corrected chi connectivity index (χ4v) is 2.51. The van der Waals surface area contributed by atoms with Gasteiger partial charge >= 0.3 is 0 Å². The van der Waals surface area contributed by atoms with E-state index in [9.17, 15) is 4.79 Å². The van der Waals surface area contributed by atoms with Crippen molar-refractivity contribution in [3.8, 4) is 0 Å². The standard InChI is InChI=1S/C14H28N2O/c1-5-16-14(3,4)13(17)15-10-12-8-6-11(2)7-9-12/h11-12,16H,5-10H2,1-4H3,(H,15,17). The van der Waals surface area contributed by atoms with Crippen LogP contribution in [0.2, 0.25) is 0 Å². The first kappa shape index (κ1) is 14.5. The van der Waals surface area contributed by atoms with Gasteiger partial charge in [0.15, 0.2) is 0 Å². The summed E-state index contributed by atoms with van der Waals surface area (Å²) in [5.41, 5.74) is -0.448. The van der Waals surface area contributed by atoms with Crippen molar-refractivity contribution >= 4 is 5.91 Å².